The van der Waals surface area contributed by atoms with E-state index in [0.29, 0.717) is 17.9 Å². The van der Waals surface area contributed by atoms with Gasteiger partial charge in [-0.2, -0.15) is 5.26 Å². The summed E-state index contributed by atoms with van der Waals surface area (Å²) in [5, 5.41) is 21.4. The van der Waals surface area contributed by atoms with Crippen molar-refractivity contribution in [2.45, 2.75) is 6.54 Å². The number of nitriles is 1. The van der Waals surface area contributed by atoms with Gasteiger partial charge in [-0.3, -0.25) is 0 Å². The lowest BCUT2D eigenvalue weighted by atomic mass is 10.2. The normalized spacial score (nSPS) is 9.68. The van der Waals surface area contributed by atoms with Crippen molar-refractivity contribution < 1.29 is 9.84 Å². The van der Waals surface area contributed by atoms with Gasteiger partial charge in [0.25, 0.3) is 0 Å². The van der Waals surface area contributed by atoms with E-state index in [1.807, 2.05) is 6.07 Å². The van der Waals surface area contributed by atoms with Crippen LogP contribution in [-0.2, 0) is 6.54 Å². The van der Waals surface area contributed by atoms with Crippen LogP contribution in [0.25, 0.3) is 0 Å². The van der Waals surface area contributed by atoms with Gasteiger partial charge in [-0.05, 0) is 29.8 Å². The van der Waals surface area contributed by atoms with Crippen molar-refractivity contribution in [3.63, 3.8) is 0 Å². The number of ether oxygens (including phenoxy) is 1. The lowest BCUT2D eigenvalue weighted by molar-refractivity contribution is 0.416. The first-order chi connectivity index (χ1) is 9.22. The van der Waals surface area contributed by atoms with Gasteiger partial charge >= 0.3 is 0 Å². The van der Waals surface area contributed by atoms with Crippen LogP contribution < -0.4 is 10.1 Å². The molecule has 2 rings (SSSR count). The molecule has 0 spiro atoms. The second kappa shape index (κ2) is 5.78. The molecule has 0 aliphatic rings. The van der Waals surface area contributed by atoms with Crippen molar-refractivity contribution in [1.29, 1.82) is 5.26 Å². The molecule has 0 saturated carbocycles. The van der Waals surface area contributed by atoms with Crippen LogP contribution in [0.4, 0.5) is 5.69 Å². The molecule has 2 aromatic carbocycles. The summed E-state index contributed by atoms with van der Waals surface area (Å²) in [5.74, 6) is 0.866. The van der Waals surface area contributed by atoms with Gasteiger partial charge in [-0.1, -0.05) is 12.1 Å². The average molecular weight is 254 g/mol. The smallest absolute Gasteiger partial charge is 0.143 e. The fourth-order valence-electron chi connectivity index (χ4n) is 1.77. The quantitative estimate of drug-likeness (QED) is 0.880. The summed E-state index contributed by atoms with van der Waals surface area (Å²) < 4.78 is 5.24. The summed E-state index contributed by atoms with van der Waals surface area (Å²) >= 11 is 0. The maximum atomic E-state index is 9.39. The largest absolute Gasteiger partial charge is 0.508 e. The van der Waals surface area contributed by atoms with Gasteiger partial charge in [0, 0.05) is 12.6 Å². The number of methoxy groups -OCH3 is 1. The molecule has 4 nitrogen and oxygen atoms in total. The molecule has 0 aliphatic carbocycles. The van der Waals surface area contributed by atoms with Crippen LogP contribution in [0, 0.1) is 11.3 Å². The van der Waals surface area contributed by atoms with E-state index < -0.39 is 0 Å². The number of anilines is 1. The second-order valence-electron chi connectivity index (χ2n) is 4.05. The maximum Gasteiger partial charge on any atom is 0.143 e. The molecule has 0 aliphatic heterocycles. The Hall–Kier alpha value is -2.67. The zero-order chi connectivity index (χ0) is 13.7. The van der Waals surface area contributed by atoms with Gasteiger partial charge in [0.2, 0.25) is 0 Å². The van der Waals surface area contributed by atoms with E-state index >= 15 is 0 Å². The topological polar surface area (TPSA) is 65.3 Å². The molecule has 0 amide bonds. The Balaban J connectivity index is 2.13. The highest BCUT2D eigenvalue weighted by Crippen LogP contribution is 2.26. The summed E-state index contributed by atoms with van der Waals surface area (Å²) in [7, 11) is 1.57. The van der Waals surface area contributed by atoms with Gasteiger partial charge < -0.3 is 15.2 Å². The molecule has 0 aromatic heterocycles. The fourth-order valence-corrected chi connectivity index (χ4v) is 1.77. The summed E-state index contributed by atoms with van der Waals surface area (Å²) in [6, 6.07) is 14.3. The van der Waals surface area contributed by atoms with Crippen molar-refractivity contribution in [2.24, 2.45) is 0 Å². The highest BCUT2D eigenvalue weighted by molar-refractivity contribution is 5.59. The van der Waals surface area contributed by atoms with Crippen molar-refractivity contribution in [2.75, 3.05) is 12.4 Å². The fraction of sp³-hybridized carbons (Fsp3) is 0.133. The Bertz CT molecular complexity index is 618. The molecule has 0 fully saturated rings. The summed E-state index contributed by atoms with van der Waals surface area (Å²) in [4.78, 5) is 0. The number of phenols is 1. The predicted octanol–water partition coefficient (Wildman–Crippen LogP) is 2.88. The Morgan fingerprint density at radius 2 is 2.11 bits per heavy atom. The zero-order valence-corrected chi connectivity index (χ0v) is 10.6. The van der Waals surface area contributed by atoms with E-state index in [1.165, 1.54) is 0 Å². The lowest BCUT2D eigenvalue weighted by Crippen LogP contribution is -2.01. The SMILES string of the molecule is COc1cc(C#N)ccc1NCc1cccc(O)c1. The summed E-state index contributed by atoms with van der Waals surface area (Å²) in [6.07, 6.45) is 0. The second-order valence-corrected chi connectivity index (χ2v) is 4.05. The molecule has 0 unspecified atom stereocenters. The van der Waals surface area contributed by atoms with Crippen LogP contribution in [0.15, 0.2) is 42.5 Å². The van der Waals surface area contributed by atoms with Crippen LogP contribution in [-0.4, -0.2) is 12.2 Å². The molecule has 0 heterocycles. The number of nitrogens with one attached hydrogen (secondary N) is 1. The molecular formula is C15H14N2O2. The van der Waals surface area contributed by atoms with Crippen LogP contribution in [0.3, 0.4) is 0 Å². The third kappa shape index (κ3) is 3.17. The minimum absolute atomic E-state index is 0.242. The Kier molecular flexibility index (Phi) is 3.89. The van der Waals surface area contributed by atoms with Gasteiger partial charge in [0.15, 0.2) is 0 Å². The lowest BCUT2D eigenvalue weighted by Gasteiger charge is -2.11. The molecule has 0 saturated heterocycles. The minimum Gasteiger partial charge on any atom is -0.508 e. The van der Waals surface area contributed by atoms with Crippen molar-refractivity contribution >= 4 is 5.69 Å². The third-order valence-electron chi connectivity index (χ3n) is 2.72. The van der Waals surface area contributed by atoms with Crippen LogP contribution in [0.2, 0.25) is 0 Å². The van der Waals surface area contributed by atoms with Crippen LogP contribution >= 0.6 is 0 Å². The van der Waals surface area contributed by atoms with Crippen molar-refractivity contribution in [3.8, 4) is 17.6 Å². The highest BCUT2D eigenvalue weighted by Gasteiger charge is 2.04. The average Bonchev–Trinajstić information content (AvgIpc) is 2.45. The van der Waals surface area contributed by atoms with E-state index in [-0.39, 0.29) is 5.75 Å². The standard InChI is InChI=1S/C15H14N2O2/c1-19-15-8-11(9-16)5-6-14(15)17-10-12-3-2-4-13(18)7-12/h2-8,17-18H,10H2,1H3. The zero-order valence-electron chi connectivity index (χ0n) is 10.6. The van der Waals surface area contributed by atoms with E-state index in [2.05, 4.69) is 11.4 Å². The van der Waals surface area contributed by atoms with Gasteiger partial charge in [0.05, 0.1) is 24.4 Å². The molecule has 4 heteroatoms. The van der Waals surface area contributed by atoms with Gasteiger partial charge in [-0.15, -0.1) is 0 Å². The molecule has 19 heavy (non-hydrogen) atoms. The minimum atomic E-state index is 0.242. The number of hydrogen-bond acceptors (Lipinski definition) is 4. The van der Waals surface area contributed by atoms with Crippen LogP contribution in [0.5, 0.6) is 11.5 Å². The van der Waals surface area contributed by atoms with E-state index in [1.54, 1.807) is 43.5 Å². The maximum absolute atomic E-state index is 9.39. The van der Waals surface area contributed by atoms with Crippen molar-refractivity contribution in [1.82, 2.24) is 0 Å². The van der Waals surface area contributed by atoms with Crippen molar-refractivity contribution in [3.05, 3.63) is 53.6 Å². The van der Waals surface area contributed by atoms with Gasteiger partial charge in [-0.25, -0.2) is 0 Å². The third-order valence-corrected chi connectivity index (χ3v) is 2.72. The molecule has 0 atom stereocenters. The van der Waals surface area contributed by atoms with E-state index in [0.717, 1.165) is 11.3 Å². The summed E-state index contributed by atoms with van der Waals surface area (Å²) in [5.41, 5.74) is 2.33. The van der Waals surface area contributed by atoms with E-state index in [9.17, 15) is 5.11 Å². The molecule has 2 aromatic rings. The number of benzene rings is 2. The molecular weight excluding hydrogens is 240 g/mol. The Morgan fingerprint density at radius 3 is 2.79 bits per heavy atom. The first kappa shape index (κ1) is 12.8. The number of aromatic hydroxyl groups is 1. The van der Waals surface area contributed by atoms with E-state index in [4.69, 9.17) is 10.00 Å². The number of hydrogen-bond donors (Lipinski definition) is 2. The van der Waals surface area contributed by atoms with Crippen LogP contribution in [0.1, 0.15) is 11.1 Å². The summed E-state index contributed by atoms with van der Waals surface area (Å²) in [6.45, 7) is 0.566. The molecule has 96 valence electrons. The Labute approximate surface area is 111 Å². The number of rotatable bonds is 4. The molecule has 0 radical (unpaired) electrons. The first-order valence-corrected chi connectivity index (χ1v) is 5.83. The molecule has 0 bridgehead atoms. The Morgan fingerprint density at radius 1 is 1.26 bits per heavy atom. The molecule has 2 N–H and O–H groups in total. The van der Waals surface area contributed by atoms with Gasteiger partial charge in [0.1, 0.15) is 11.5 Å². The number of phenolic OH excluding ortho intramolecular Hbond substituents is 1. The highest BCUT2D eigenvalue weighted by atomic mass is 16.5. The predicted molar refractivity (Wildman–Crippen MR) is 73.1 cm³/mol. The monoisotopic (exact) mass is 254 g/mol. The first-order valence-electron chi connectivity index (χ1n) is 5.83. The number of nitrogens with zero attached hydrogens (tertiary/aromatic N) is 1.